The third kappa shape index (κ3) is 3.79. The summed E-state index contributed by atoms with van der Waals surface area (Å²) in [5.41, 5.74) is 3.85. The van der Waals surface area contributed by atoms with Crippen molar-refractivity contribution >= 4 is 33.4 Å². The zero-order chi connectivity index (χ0) is 23.8. The van der Waals surface area contributed by atoms with Crippen LogP contribution < -0.4 is 15.8 Å². The van der Waals surface area contributed by atoms with Gasteiger partial charge < -0.3 is 19.9 Å². The Morgan fingerprint density at radius 2 is 1.86 bits per heavy atom. The van der Waals surface area contributed by atoms with E-state index in [0.717, 1.165) is 35.5 Å². The number of hydrogen-bond donors (Lipinski definition) is 2. The number of nitrogens with one attached hydrogen (secondary N) is 2. The van der Waals surface area contributed by atoms with Crippen molar-refractivity contribution in [2.45, 2.75) is 13.0 Å². The van der Waals surface area contributed by atoms with E-state index >= 15 is 0 Å². The maximum atomic E-state index is 14.2. The number of para-hydroxylation sites is 1. The fourth-order valence-electron chi connectivity index (χ4n) is 4.74. The summed E-state index contributed by atoms with van der Waals surface area (Å²) in [6.45, 7) is 4.85. The molecule has 4 heterocycles. The fourth-order valence-corrected chi connectivity index (χ4v) is 4.74. The summed E-state index contributed by atoms with van der Waals surface area (Å²) in [5, 5.41) is 5.07. The molecule has 0 saturated carbocycles. The van der Waals surface area contributed by atoms with Crippen LogP contribution >= 0.6 is 0 Å². The lowest BCUT2D eigenvalue weighted by Crippen LogP contribution is -2.37. The van der Waals surface area contributed by atoms with Crippen molar-refractivity contribution in [2.24, 2.45) is 0 Å². The number of aromatic amines is 1. The van der Waals surface area contributed by atoms with Crippen molar-refractivity contribution in [2.75, 3.05) is 36.5 Å². The molecule has 9 nitrogen and oxygen atoms in total. The first-order chi connectivity index (χ1) is 17.2. The minimum atomic E-state index is -0.242. The normalized spacial score (nSPS) is 14.9. The van der Waals surface area contributed by atoms with Gasteiger partial charge in [-0.3, -0.25) is 9.36 Å². The molecule has 1 fully saturated rings. The van der Waals surface area contributed by atoms with Crippen LogP contribution in [-0.4, -0.2) is 50.8 Å². The van der Waals surface area contributed by atoms with Crippen LogP contribution in [0.25, 0.3) is 27.6 Å². The number of morpholine rings is 1. The Morgan fingerprint density at radius 3 is 2.69 bits per heavy atom. The minimum Gasteiger partial charge on any atom is -0.378 e. The predicted molar refractivity (Wildman–Crippen MR) is 136 cm³/mol. The number of H-pyrrole nitrogens is 1. The lowest BCUT2D eigenvalue weighted by molar-refractivity contribution is 0.123. The third-order valence-electron chi connectivity index (χ3n) is 6.43. The highest BCUT2D eigenvalue weighted by atomic mass is 16.5. The van der Waals surface area contributed by atoms with Gasteiger partial charge >= 0.3 is 0 Å². The highest BCUT2D eigenvalue weighted by molar-refractivity contribution is 5.94. The van der Waals surface area contributed by atoms with E-state index in [2.05, 4.69) is 36.2 Å². The maximum Gasteiger partial charge on any atom is 0.265 e. The summed E-state index contributed by atoms with van der Waals surface area (Å²) in [5.74, 6) is 0.609. The van der Waals surface area contributed by atoms with E-state index in [1.165, 1.54) is 6.33 Å². The number of benzene rings is 2. The van der Waals surface area contributed by atoms with Gasteiger partial charge in [0.05, 0.1) is 36.7 Å². The van der Waals surface area contributed by atoms with Crippen LogP contribution in [0, 0.1) is 0 Å². The zero-order valence-electron chi connectivity index (χ0n) is 19.3. The van der Waals surface area contributed by atoms with Crippen LogP contribution in [0.4, 0.5) is 11.5 Å². The molecule has 1 aliphatic rings. The number of rotatable bonds is 5. The second-order valence-corrected chi connectivity index (χ2v) is 8.57. The Hall–Kier alpha value is -4.24. The van der Waals surface area contributed by atoms with Crippen molar-refractivity contribution in [3.8, 4) is 5.69 Å². The van der Waals surface area contributed by atoms with E-state index in [4.69, 9.17) is 4.74 Å². The van der Waals surface area contributed by atoms with E-state index in [-0.39, 0.29) is 11.6 Å². The first kappa shape index (κ1) is 21.3. The number of ether oxygens (including phenoxy) is 1. The summed E-state index contributed by atoms with van der Waals surface area (Å²) < 4.78 is 7.34. The highest BCUT2D eigenvalue weighted by Crippen LogP contribution is 2.30. The molecule has 2 N–H and O–H groups in total. The van der Waals surface area contributed by atoms with Gasteiger partial charge in [-0.2, -0.15) is 0 Å². The molecule has 0 amide bonds. The van der Waals surface area contributed by atoms with Gasteiger partial charge in [-0.05, 0) is 36.6 Å². The molecule has 6 rings (SSSR count). The Labute approximate surface area is 201 Å². The second-order valence-electron chi connectivity index (χ2n) is 8.57. The van der Waals surface area contributed by atoms with Crippen LogP contribution in [-0.2, 0) is 4.74 Å². The van der Waals surface area contributed by atoms with E-state index < -0.39 is 0 Å². The van der Waals surface area contributed by atoms with E-state index in [1.807, 2.05) is 55.5 Å². The number of hydrogen-bond acceptors (Lipinski definition) is 7. The average molecular weight is 468 g/mol. The summed E-state index contributed by atoms with van der Waals surface area (Å²) in [6, 6.07) is 17.6. The highest BCUT2D eigenvalue weighted by Gasteiger charge is 2.22. The molecule has 1 atom stereocenters. The van der Waals surface area contributed by atoms with Crippen molar-refractivity contribution in [3.63, 3.8) is 0 Å². The van der Waals surface area contributed by atoms with Gasteiger partial charge in [0.2, 0.25) is 0 Å². The number of nitrogens with zero attached hydrogens (tertiary/aromatic N) is 5. The summed E-state index contributed by atoms with van der Waals surface area (Å²) in [4.78, 5) is 32.4. The molecule has 0 spiro atoms. The first-order valence-electron chi connectivity index (χ1n) is 11.7. The van der Waals surface area contributed by atoms with Gasteiger partial charge in [0, 0.05) is 24.5 Å². The van der Waals surface area contributed by atoms with Crippen LogP contribution in [0.1, 0.15) is 18.7 Å². The van der Waals surface area contributed by atoms with Crippen LogP contribution in [0.2, 0.25) is 0 Å². The molecule has 0 aliphatic carbocycles. The minimum absolute atomic E-state index is 0.0490. The van der Waals surface area contributed by atoms with Crippen LogP contribution in [0.3, 0.4) is 0 Å². The second kappa shape index (κ2) is 8.84. The number of imidazole rings is 1. The van der Waals surface area contributed by atoms with Gasteiger partial charge in [-0.1, -0.05) is 30.3 Å². The summed E-state index contributed by atoms with van der Waals surface area (Å²) in [6.07, 6.45) is 3.09. The van der Waals surface area contributed by atoms with Crippen LogP contribution in [0.5, 0.6) is 0 Å². The Morgan fingerprint density at radius 1 is 1.03 bits per heavy atom. The molecule has 176 valence electrons. The maximum absolute atomic E-state index is 14.2. The Kier molecular flexibility index (Phi) is 5.38. The number of aromatic nitrogens is 5. The zero-order valence-corrected chi connectivity index (χ0v) is 19.3. The third-order valence-corrected chi connectivity index (χ3v) is 6.43. The fraction of sp³-hybridized carbons (Fsp3) is 0.231. The lowest BCUT2D eigenvalue weighted by Gasteiger charge is -2.30. The Balaban J connectivity index is 1.53. The van der Waals surface area contributed by atoms with Crippen molar-refractivity contribution in [3.05, 3.63) is 83.3 Å². The Bertz CT molecular complexity index is 1560. The molecular weight excluding hydrogens is 442 g/mol. The SMILES string of the molecule is C[C@@H](Nc1ncnc2[nH]cnc12)c1cc2cccc(N3CCOCC3)c2c(=O)n1-c1ccccc1. The molecule has 9 heteroatoms. The average Bonchev–Trinajstić information content (AvgIpc) is 3.39. The number of anilines is 2. The summed E-state index contributed by atoms with van der Waals surface area (Å²) >= 11 is 0. The van der Waals surface area contributed by atoms with Crippen LogP contribution in [0.15, 0.2) is 72.0 Å². The molecule has 3 aromatic heterocycles. The van der Waals surface area contributed by atoms with Crippen molar-refractivity contribution < 1.29 is 4.74 Å². The molecule has 0 bridgehead atoms. The summed E-state index contributed by atoms with van der Waals surface area (Å²) in [7, 11) is 0. The molecular formula is C26H25N7O2. The van der Waals surface area contributed by atoms with E-state index in [9.17, 15) is 4.79 Å². The monoisotopic (exact) mass is 467 g/mol. The molecule has 1 aliphatic heterocycles. The van der Waals surface area contributed by atoms with Crippen molar-refractivity contribution in [1.82, 2.24) is 24.5 Å². The molecule has 0 unspecified atom stereocenters. The molecule has 2 aromatic carbocycles. The lowest BCUT2D eigenvalue weighted by atomic mass is 10.0. The van der Waals surface area contributed by atoms with E-state index in [0.29, 0.717) is 35.6 Å². The number of pyridine rings is 1. The van der Waals surface area contributed by atoms with Gasteiger partial charge in [0.1, 0.15) is 11.8 Å². The molecule has 1 saturated heterocycles. The number of fused-ring (bicyclic) bond motifs is 2. The molecule has 35 heavy (non-hydrogen) atoms. The van der Waals surface area contributed by atoms with Gasteiger partial charge in [0.25, 0.3) is 5.56 Å². The van der Waals surface area contributed by atoms with E-state index in [1.54, 1.807) is 10.9 Å². The standard InChI is InChI=1S/C26H25N7O2/c1-17(31-25-23-24(28-15-27-23)29-16-30-25)21-14-18-6-5-9-20(32-10-12-35-13-11-32)22(18)26(34)33(21)19-7-3-2-4-8-19/h2-9,14-17H,10-13H2,1H3,(H2,27,28,29,30,31)/t17-/m1/s1. The molecule has 0 radical (unpaired) electrons. The van der Waals surface area contributed by atoms with Gasteiger partial charge in [-0.15, -0.1) is 0 Å². The predicted octanol–water partition coefficient (Wildman–Crippen LogP) is 3.67. The van der Waals surface area contributed by atoms with Crippen molar-refractivity contribution in [1.29, 1.82) is 0 Å². The quantitative estimate of drug-likeness (QED) is 0.407. The van der Waals surface area contributed by atoms with Gasteiger partial charge in [-0.25, -0.2) is 15.0 Å². The topological polar surface area (TPSA) is 101 Å². The smallest absolute Gasteiger partial charge is 0.265 e. The molecule has 5 aromatic rings. The van der Waals surface area contributed by atoms with Gasteiger partial charge in [0.15, 0.2) is 11.5 Å². The first-order valence-corrected chi connectivity index (χ1v) is 11.7. The largest absolute Gasteiger partial charge is 0.378 e.